The van der Waals surface area contributed by atoms with Crippen LogP contribution in [0.15, 0.2) is 11.0 Å². The summed E-state index contributed by atoms with van der Waals surface area (Å²) in [5.41, 5.74) is 1.01. The van der Waals surface area contributed by atoms with Crippen LogP contribution in [0.1, 0.15) is 32.4 Å². The molecule has 0 spiro atoms. The van der Waals surface area contributed by atoms with Crippen molar-refractivity contribution in [1.82, 2.24) is 9.55 Å². The monoisotopic (exact) mass is 154 g/mol. The summed E-state index contributed by atoms with van der Waals surface area (Å²) in [5, 5.41) is 0. The minimum absolute atomic E-state index is 0.00352. The maximum atomic E-state index is 11.1. The van der Waals surface area contributed by atoms with Crippen LogP contribution in [0.2, 0.25) is 0 Å². The van der Waals surface area contributed by atoms with Crippen LogP contribution >= 0.6 is 0 Å². The number of hydrogen-bond acceptors (Lipinski definition) is 1. The quantitative estimate of drug-likeness (QED) is 0.685. The maximum absolute atomic E-state index is 11.1. The van der Waals surface area contributed by atoms with Gasteiger partial charge in [0.2, 0.25) is 0 Å². The van der Waals surface area contributed by atoms with E-state index in [1.165, 1.54) is 0 Å². The molecule has 1 heterocycles. The molecule has 0 saturated heterocycles. The Balaban J connectivity index is 3.05. The molecule has 3 heteroatoms. The van der Waals surface area contributed by atoms with Crippen molar-refractivity contribution in [2.24, 2.45) is 0 Å². The van der Waals surface area contributed by atoms with Gasteiger partial charge in [-0.05, 0) is 12.8 Å². The Bertz CT molecular complexity index is 283. The SMILES string of the molecule is CCn1cc(C(C)C)[nH]c1=O. The van der Waals surface area contributed by atoms with E-state index in [4.69, 9.17) is 0 Å². The Morgan fingerprint density at radius 1 is 1.64 bits per heavy atom. The Morgan fingerprint density at radius 2 is 2.27 bits per heavy atom. The maximum Gasteiger partial charge on any atom is 0.325 e. The van der Waals surface area contributed by atoms with Crippen molar-refractivity contribution in [1.29, 1.82) is 0 Å². The van der Waals surface area contributed by atoms with Crippen LogP contribution in [-0.4, -0.2) is 9.55 Å². The topological polar surface area (TPSA) is 37.8 Å². The average molecular weight is 154 g/mol. The lowest BCUT2D eigenvalue weighted by Gasteiger charge is -1.96. The van der Waals surface area contributed by atoms with Crippen molar-refractivity contribution in [3.8, 4) is 0 Å². The lowest BCUT2D eigenvalue weighted by atomic mass is 10.2. The van der Waals surface area contributed by atoms with Crippen molar-refractivity contribution in [2.75, 3.05) is 0 Å². The Morgan fingerprint density at radius 3 is 2.55 bits per heavy atom. The molecule has 1 rings (SSSR count). The normalized spacial score (nSPS) is 10.9. The molecule has 1 N–H and O–H groups in total. The third-order valence-electron chi connectivity index (χ3n) is 1.77. The lowest BCUT2D eigenvalue weighted by molar-refractivity contribution is 0.729. The highest BCUT2D eigenvalue weighted by Gasteiger charge is 2.03. The molecule has 11 heavy (non-hydrogen) atoms. The van der Waals surface area contributed by atoms with Crippen LogP contribution in [0, 0.1) is 0 Å². The minimum Gasteiger partial charge on any atom is -0.310 e. The van der Waals surface area contributed by atoms with Crippen LogP contribution in [0.5, 0.6) is 0 Å². The first kappa shape index (κ1) is 8.11. The van der Waals surface area contributed by atoms with Crippen molar-refractivity contribution in [3.63, 3.8) is 0 Å². The Hall–Kier alpha value is -0.990. The number of hydrogen-bond donors (Lipinski definition) is 1. The predicted molar refractivity (Wildman–Crippen MR) is 44.8 cm³/mol. The number of aromatic nitrogens is 2. The van der Waals surface area contributed by atoms with Gasteiger partial charge >= 0.3 is 5.69 Å². The molecule has 0 fully saturated rings. The van der Waals surface area contributed by atoms with Crippen molar-refractivity contribution in [2.45, 2.75) is 33.2 Å². The highest BCUT2D eigenvalue weighted by Crippen LogP contribution is 2.07. The predicted octanol–water partition coefficient (Wildman–Crippen LogP) is 1.32. The van der Waals surface area contributed by atoms with Gasteiger partial charge in [0.1, 0.15) is 0 Å². The number of nitrogens with one attached hydrogen (secondary N) is 1. The van der Waals surface area contributed by atoms with Crippen LogP contribution in [0.3, 0.4) is 0 Å². The van der Waals surface area contributed by atoms with E-state index in [0.717, 1.165) is 12.2 Å². The Labute approximate surface area is 66.1 Å². The molecule has 0 aliphatic rings. The third-order valence-corrected chi connectivity index (χ3v) is 1.77. The second-order valence-electron chi connectivity index (χ2n) is 2.96. The van der Waals surface area contributed by atoms with Crippen LogP contribution in [0.4, 0.5) is 0 Å². The van der Waals surface area contributed by atoms with Gasteiger partial charge in [0.05, 0.1) is 0 Å². The number of nitrogens with zero attached hydrogens (tertiary/aromatic N) is 1. The molecule has 0 unspecified atom stereocenters. The molecule has 1 aromatic heterocycles. The molecule has 0 aliphatic heterocycles. The average Bonchev–Trinajstić information content (AvgIpc) is 2.31. The zero-order valence-electron chi connectivity index (χ0n) is 7.22. The van der Waals surface area contributed by atoms with E-state index in [1.807, 2.05) is 13.1 Å². The van der Waals surface area contributed by atoms with Gasteiger partial charge in [0.15, 0.2) is 0 Å². The molecule has 0 amide bonds. The van der Waals surface area contributed by atoms with Gasteiger partial charge in [-0.25, -0.2) is 4.79 Å². The number of aryl methyl sites for hydroxylation is 1. The van der Waals surface area contributed by atoms with Gasteiger partial charge < -0.3 is 4.98 Å². The van der Waals surface area contributed by atoms with E-state index in [9.17, 15) is 4.79 Å². The fourth-order valence-corrected chi connectivity index (χ4v) is 0.982. The second kappa shape index (κ2) is 2.95. The smallest absolute Gasteiger partial charge is 0.310 e. The largest absolute Gasteiger partial charge is 0.325 e. The van der Waals surface area contributed by atoms with Crippen molar-refractivity contribution >= 4 is 0 Å². The molecular formula is C8H14N2O. The summed E-state index contributed by atoms with van der Waals surface area (Å²) in [5.74, 6) is 0.399. The van der Waals surface area contributed by atoms with Gasteiger partial charge in [0.25, 0.3) is 0 Å². The molecular weight excluding hydrogens is 140 g/mol. The summed E-state index contributed by atoms with van der Waals surface area (Å²) in [4.78, 5) is 13.9. The van der Waals surface area contributed by atoms with E-state index in [2.05, 4.69) is 18.8 Å². The van der Waals surface area contributed by atoms with Gasteiger partial charge in [-0.1, -0.05) is 13.8 Å². The van der Waals surface area contributed by atoms with E-state index in [1.54, 1.807) is 4.57 Å². The molecule has 0 bridgehead atoms. The summed E-state index contributed by atoms with van der Waals surface area (Å²) >= 11 is 0. The third kappa shape index (κ3) is 1.53. The highest BCUT2D eigenvalue weighted by molar-refractivity contribution is 5.01. The fourth-order valence-electron chi connectivity index (χ4n) is 0.982. The van der Waals surface area contributed by atoms with Crippen molar-refractivity contribution < 1.29 is 0 Å². The molecule has 62 valence electrons. The van der Waals surface area contributed by atoms with Crippen LogP contribution in [0.25, 0.3) is 0 Å². The van der Waals surface area contributed by atoms with Gasteiger partial charge in [0, 0.05) is 18.4 Å². The molecule has 0 saturated carbocycles. The standard InChI is InChI=1S/C8H14N2O/c1-4-10-5-7(6(2)3)9-8(10)11/h5-6H,4H2,1-3H3,(H,9,11). The first-order chi connectivity index (χ1) is 5.15. The zero-order chi connectivity index (χ0) is 8.43. The van der Waals surface area contributed by atoms with Gasteiger partial charge in [-0.2, -0.15) is 0 Å². The molecule has 0 aliphatic carbocycles. The summed E-state index contributed by atoms with van der Waals surface area (Å²) in [6.45, 7) is 6.82. The van der Waals surface area contributed by atoms with Gasteiger partial charge in [-0.15, -0.1) is 0 Å². The summed E-state index contributed by atoms with van der Waals surface area (Å²) < 4.78 is 1.68. The zero-order valence-corrected chi connectivity index (χ0v) is 7.22. The van der Waals surface area contributed by atoms with Gasteiger partial charge in [-0.3, -0.25) is 4.57 Å². The molecule has 0 atom stereocenters. The number of aromatic amines is 1. The van der Waals surface area contributed by atoms with Crippen molar-refractivity contribution in [3.05, 3.63) is 22.4 Å². The molecule has 1 aromatic rings. The fraction of sp³-hybridized carbons (Fsp3) is 0.625. The first-order valence-electron chi connectivity index (χ1n) is 3.94. The number of imidazole rings is 1. The summed E-state index contributed by atoms with van der Waals surface area (Å²) in [7, 11) is 0. The Kier molecular flexibility index (Phi) is 2.17. The van der Waals surface area contributed by atoms with E-state index in [0.29, 0.717) is 5.92 Å². The molecule has 0 aromatic carbocycles. The summed E-state index contributed by atoms with van der Waals surface area (Å²) in [6.07, 6.45) is 1.88. The highest BCUT2D eigenvalue weighted by atomic mass is 16.1. The molecule has 3 nitrogen and oxygen atoms in total. The molecule has 0 radical (unpaired) electrons. The van der Waals surface area contributed by atoms with E-state index >= 15 is 0 Å². The number of rotatable bonds is 2. The first-order valence-corrected chi connectivity index (χ1v) is 3.94. The van der Waals surface area contributed by atoms with Crippen LogP contribution in [-0.2, 0) is 6.54 Å². The number of H-pyrrole nitrogens is 1. The lowest BCUT2D eigenvalue weighted by Crippen LogP contribution is -2.14. The van der Waals surface area contributed by atoms with E-state index in [-0.39, 0.29) is 5.69 Å². The second-order valence-corrected chi connectivity index (χ2v) is 2.96. The summed E-state index contributed by atoms with van der Waals surface area (Å²) in [6, 6.07) is 0. The van der Waals surface area contributed by atoms with E-state index < -0.39 is 0 Å². The van der Waals surface area contributed by atoms with Crippen LogP contribution < -0.4 is 5.69 Å². The minimum atomic E-state index is -0.00352.